The maximum atomic E-state index is 14.9. The SMILES string of the molecule is FC1(F)CN(C2COC2)CCC1n1ncc(Nc2nc(OI)c3cc[nH]c3n2)c1Cl. The third-order valence-electron chi connectivity index (χ3n) is 5.46. The van der Waals surface area contributed by atoms with E-state index in [4.69, 9.17) is 19.4 Å². The van der Waals surface area contributed by atoms with Crippen LogP contribution in [0.3, 0.4) is 0 Å². The normalized spacial score (nSPS) is 22.2. The van der Waals surface area contributed by atoms with Gasteiger partial charge in [-0.3, -0.25) is 4.90 Å². The zero-order valence-electron chi connectivity index (χ0n) is 15.5. The van der Waals surface area contributed by atoms with E-state index in [0.717, 1.165) is 5.39 Å². The molecule has 1 atom stereocenters. The van der Waals surface area contributed by atoms with Crippen molar-refractivity contribution in [3.05, 3.63) is 23.6 Å². The molecule has 0 bridgehead atoms. The van der Waals surface area contributed by atoms with Crippen molar-refractivity contribution in [3.8, 4) is 5.88 Å². The fourth-order valence-corrected chi connectivity index (χ4v) is 4.39. The minimum atomic E-state index is -2.97. The molecule has 3 aromatic heterocycles. The molecule has 0 aromatic carbocycles. The Hall–Kier alpha value is -1.77. The minimum Gasteiger partial charge on any atom is -0.407 e. The van der Waals surface area contributed by atoms with Crippen LogP contribution in [-0.2, 0) is 4.74 Å². The van der Waals surface area contributed by atoms with Crippen LogP contribution in [0.15, 0.2) is 18.5 Å². The molecule has 0 saturated carbocycles. The Morgan fingerprint density at radius 1 is 1.37 bits per heavy atom. The van der Waals surface area contributed by atoms with E-state index < -0.39 is 12.0 Å². The van der Waals surface area contributed by atoms with Crippen molar-refractivity contribution in [1.29, 1.82) is 0 Å². The van der Waals surface area contributed by atoms with Gasteiger partial charge in [0.05, 0.1) is 43.1 Å². The highest BCUT2D eigenvalue weighted by atomic mass is 127. The summed E-state index contributed by atoms with van der Waals surface area (Å²) in [5, 5.41) is 7.88. The number of hydrogen-bond donors (Lipinski definition) is 2. The lowest BCUT2D eigenvalue weighted by atomic mass is 9.99. The minimum absolute atomic E-state index is 0.0662. The first-order valence-electron chi connectivity index (χ1n) is 9.29. The lowest BCUT2D eigenvalue weighted by Crippen LogP contribution is -2.58. The first-order chi connectivity index (χ1) is 14.5. The van der Waals surface area contributed by atoms with E-state index in [1.807, 2.05) is 0 Å². The molecule has 0 aliphatic carbocycles. The number of fused-ring (bicyclic) bond motifs is 1. The summed E-state index contributed by atoms with van der Waals surface area (Å²) in [6.07, 6.45) is 3.36. The number of piperidine rings is 1. The molecule has 160 valence electrons. The van der Waals surface area contributed by atoms with Gasteiger partial charge in [0, 0.05) is 12.7 Å². The molecule has 30 heavy (non-hydrogen) atoms. The van der Waals surface area contributed by atoms with Gasteiger partial charge in [-0.2, -0.15) is 15.1 Å². The van der Waals surface area contributed by atoms with E-state index in [1.54, 1.807) is 40.2 Å². The van der Waals surface area contributed by atoms with Crippen molar-refractivity contribution in [2.24, 2.45) is 0 Å². The summed E-state index contributed by atoms with van der Waals surface area (Å²) in [5.41, 5.74) is 0.911. The number of H-pyrrole nitrogens is 1. The van der Waals surface area contributed by atoms with Crippen molar-refractivity contribution in [3.63, 3.8) is 0 Å². The second kappa shape index (κ2) is 7.73. The Morgan fingerprint density at radius 2 is 2.20 bits per heavy atom. The van der Waals surface area contributed by atoms with Crippen LogP contribution in [0.25, 0.3) is 11.0 Å². The number of anilines is 2. The Morgan fingerprint density at radius 3 is 2.90 bits per heavy atom. The van der Waals surface area contributed by atoms with Crippen LogP contribution < -0.4 is 8.38 Å². The van der Waals surface area contributed by atoms with E-state index in [0.29, 0.717) is 37.0 Å². The van der Waals surface area contributed by atoms with Crippen molar-refractivity contribution >= 4 is 57.3 Å². The topological polar surface area (TPSA) is 93.1 Å². The number of alkyl halides is 2. The third-order valence-corrected chi connectivity index (χ3v) is 6.25. The summed E-state index contributed by atoms with van der Waals surface area (Å²) < 4.78 is 41.4. The first kappa shape index (κ1) is 20.2. The van der Waals surface area contributed by atoms with Crippen molar-refractivity contribution in [2.45, 2.75) is 24.4 Å². The Kier molecular flexibility index (Phi) is 5.19. The molecule has 2 N–H and O–H groups in total. The van der Waals surface area contributed by atoms with Crippen molar-refractivity contribution in [1.82, 2.24) is 29.6 Å². The molecule has 0 radical (unpaired) electrons. The van der Waals surface area contributed by atoms with Gasteiger partial charge in [-0.05, 0) is 12.5 Å². The largest absolute Gasteiger partial charge is 0.407 e. The van der Waals surface area contributed by atoms with Crippen LogP contribution in [-0.4, -0.2) is 67.9 Å². The molecule has 2 fully saturated rings. The zero-order chi connectivity index (χ0) is 20.9. The quantitative estimate of drug-likeness (QED) is 0.469. The number of hydrogen-bond acceptors (Lipinski definition) is 7. The standard InChI is InChI=1S/C17H17ClF2IN7O2/c18-13-11(24-16-25-14-10(1-3-22-14)15(26-16)30-21)5-23-28(13)12-2-4-27(8-17(12,19)20)9-6-29-7-9/h1,3,5,9,12H,2,4,6-8H2,(H2,22,24,25,26). The second-order valence-corrected chi connectivity index (χ2v) is 8.11. The first-order valence-corrected chi connectivity index (χ1v) is 10.6. The maximum Gasteiger partial charge on any atom is 0.282 e. The van der Waals surface area contributed by atoms with Gasteiger partial charge in [0.25, 0.3) is 5.92 Å². The van der Waals surface area contributed by atoms with E-state index >= 15 is 0 Å². The van der Waals surface area contributed by atoms with Crippen LogP contribution in [0.2, 0.25) is 5.15 Å². The molecule has 9 nitrogen and oxygen atoms in total. The van der Waals surface area contributed by atoms with Crippen LogP contribution >= 0.6 is 34.6 Å². The van der Waals surface area contributed by atoms with E-state index in [9.17, 15) is 8.78 Å². The molecular weight excluding hydrogens is 535 g/mol. The van der Waals surface area contributed by atoms with Gasteiger partial charge in [-0.1, -0.05) is 11.6 Å². The van der Waals surface area contributed by atoms with Crippen molar-refractivity contribution < 1.29 is 16.6 Å². The van der Waals surface area contributed by atoms with Crippen LogP contribution in [0.5, 0.6) is 5.88 Å². The highest BCUT2D eigenvalue weighted by Gasteiger charge is 2.49. The lowest BCUT2D eigenvalue weighted by Gasteiger charge is -2.44. The number of ether oxygens (including phenoxy) is 1. The molecule has 0 spiro atoms. The lowest BCUT2D eigenvalue weighted by molar-refractivity contribution is -0.149. The number of nitrogens with zero attached hydrogens (tertiary/aromatic N) is 5. The third kappa shape index (κ3) is 3.48. The number of aromatic amines is 1. The second-order valence-electron chi connectivity index (χ2n) is 7.32. The molecule has 2 aliphatic rings. The molecule has 2 saturated heterocycles. The number of halogens is 4. The smallest absolute Gasteiger partial charge is 0.282 e. The maximum absolute atomic E-state index is 14.9. The van der Waals surface area contributed by atoms with Gasteiger partial charge in [-0.25, -0.2) is 13.5 Å². The summed E-state index contributed by atoms with van der Waals surface area (Å²) >= 11 is 8.15. The molecule has 13 heteroatoms. The average Bonchev–Trinajstić information content (AvgIpc) is 3.27. The molecule has 0 amide bonds. The van der Waals surface area contributed by atoms with Gasteiger partial charge in [0.1, 0.15) is 11.7 Å². The van der Waals surface area contributed by atoms with Crippen LogP contribution in [0.4, 0.5) is 20.4 Å². The van der Waals surface area contributed by atoms with Crippen LogP contribution in [0, 0.1) is 0 Å². The number of nitrogens with one attached hydrogen (secondary N) is 2. The predicted molar refractivity (Wildman–Crippen MR) is 114 cm³/mol. The fraction of sp³-hybridized carbons (Fsp3) is 0.471. The molecular formula is C17H17ClF2IN7O2. The number of aromatic nitrogens is 5. The van der Waals surface area contributed by atoms with Gasteiger partial charge in [-0.15, -0.1) is 0 Å². The van der Waals surface area contributed by atoms with E-state index in [2.05, 4.69) is 25.4 Å². The van der Waals surface area contributed by atoms with Gasteiger partial charge < -0.3 is 18.1 Å². The zero-order valence-corrected chi connectivity index (χ0v) is 18.4. The number of rotatable bonds is 5. The number of likely N-dealkylation sites (tertiary alicyclic amines) is 1. The predicted octanol–water partition coefficient (Wildman–Crippen LogP) is 3.56. The monoisotopic (exact) mass is 551 g/mol. The fourth-order valence-electron chi connectivity index (χ4n) is 3.80. The molecule has 1 unspecified atom stereocenters. The van der Waals surface area contributed by atoms with Gasteiger partial charge in [0.2, 0.25) is 11.8 Å². The van der Waals surface area contributed by atoms with Crippen molar-refractivity contribution in [2.75, 3.05) is 31.6 Å². The molecule has 3 aromatic rings. The summed E-state index contributed by atoms with van der Waals surface area (Å²) in [4.78, 5) is 13.4. The highest BCUT2D eigenvalue weighted by molar-refractivity contribution is 14.1. The highest BCUT2D eigenvalue weighted by Crippen LogP contribution is 2.40. The van der Waals surface area contributed by atoms with Gasteiger partial charge in [0.15, 0.2) is 28.2 Å². The van der Waals surface area contributed by atoms with Crippen LogP contribution in [0.1, 0.15) is 12.5 Å². The Labute approximate surface area is 188 Å². The average molecular weight is 552 g/mol. The summed E-state index contributed by atoms with van der Waals surface area (Å²) in [7, 11) is 0. The Bertz CT molecular complexity index is 1070. The molecule has 5 heterocycles. The summed E-state index contributed by atoms with van der Waals surface area (Å²) in [5.74, 6) is -2.39. The van der Waals surface area contributed by atoms with Gasteiger partial charge >= 0.3 is 0 Å². The molecule has 5 rings (SSSR count). The Balaban J connectivity index is 1.38. The summed E-state index contributed by atoms with van der Waals surface area (Å²) in [6, 6.07) is 0.733. The molecule has 2 aliphatic heterocycles. The van der Waals surface area contributed by atoms with E-state index in [-0.39, 0.29) is 30.1 Å². The van der Waals surface area contributed by atoms with E-state index in [1.165, 1.54) is 10.9 Å². The summed E-state index contributed by atoms with van der Waals surface area (Å²) in [6.45, 7) is 1.21.